The number of carbonyl (C=O) groups is 1. The SMILES string of the molecule is CC1=CC(C=O)=CCC1. The summed E-state index contributed by atoms with van der Waals surface area (Å²) >= 11 is 0. The van der Waals surface area contributed by atoms with Crippen LogP contribution in [0.15, 0.2) is 23.3 Å². The predicted octanol–water partition coefficient (Wildman–Crippen LogP) is 1.85. The molecule has 0 amide bonds. The Kier molecular flexibility index (Phi) is 1.83. The summed E-state index contributed by atoms with van der Waals surface area (Å²) < 4.78 is 0. The third-order valence-electron chi connectivity index (χ3n) is 1.47. The Balaban J connectivity index is 2.74. The van der Waals surface area contributed by atoms with Gasteiger partial charge in [0.05, 0.1) is 0 Å². The largest absolute Gasteiger partial charge is 0.298 e. The summed E-state index contributed by atoms with van der Waals surface area (Å²) in [6.07, 6.45) is 6.95. The van der Waals surface area contributed by atoms with Crippen molar-refractivity contribution in [2.75, 3.05) is 0 Å². The van der Waals surface area contributed by atoms with Crippen molar-refractivity contribution in [3.63, 3.8) is 0 Å². The van der Waals surface area contributed by atoms with Crippen LogP contribution < -0.4 is 0 Å². The van der Waals surface area contributed by atoms with Gasteiger partial charge in [-0.05, 0) is 19.8 Å². The van der Waals surface area contributed by atoms with Gasteiger partial charge >= 0.3 is 0 Å². The molecule has 0 fully saturated rings. The number of hydrogen-bond acceptors (Lipinski definition) is 1. The predicted molar refractivity (Wildman–Crippen MR) is 37.1 cm³/mol. The van der Waals surface area contributed by atoms with Crippen molar-refractivity contribution in [1.29, 1.82) is 0 Å². The molecule has 0 radical (unpaired) electrons. The Morgan fingerprint density at radius 3 is 2.89 bits per heavy atom. The van der Waals surface area contributed by atoms with Crippen LogP contribution in [0, 0.1) is 0 Å². The Bertz CT molecular complexity index is 175. The zero-order valence-corrected chi connectivity index (χ0v) is 5.55. The summed E-state index contributed by atoms with van der Waals surface area (Å²) in [5.41, 5.74) is 2.14. The average molecular weight is 122 g/mol. The summed E-state index contributed by atoms with van der Waals surface area (Å²) in [5, 5.41) is 0. The Hall–Kier alpha value is -0.850. The fourth-order valence-electron chi connectivity index (χ4n) is 0.964. The van der Waals surface area contributed by atoms with Crippen LogP contribution in [0.2, 0.25) is 0 Å². The summed E-state index contributed by atoms with van der Waals surface area (Å²) in [7, 11) is 0. The molecule has 0 aromatic heterocycles. The third-order valence-corrected chi connectivity index (χ3v) is 1.47. The molecule has 0 saturated carbocycles. The van der Waals surface area contributed by atoms with E-state index in [9.17, 15) is 4.79 Å². The standard InChI is InChI=1S/C8H10O/c1-7-3-2-4-8(5-7)6-9/h4-6H,2-3H2,1H3. The van der Waals surface area contributed by atoms with Crippen LogP contribution in [0.5, 0.6) is 0 Å². The van der Waals surface area contributed by atoms with Crippen molar-refractivity contribution >= 4 is 6.29 Å². The van der Waals surface area contributed by atoms with Crippen molar-refractivity contribution in [3.8, 4) is 0 Å². The quantitative estimate of drug-likeness (QED) is 0.485. The van der Waals surface area contributed by atoms with Gasteiger partial charge in [0.15, 0.2) is 0 Å². The number of rotatable bonds is 1. The molecule has 1 rings (SSSR count). The molecule has 0 atom stereocenters. The molecule has 0 bridgehead atoms. The Morgan fingerprint density at radius 1 is 1.67 bits per heavy atom. The molecule has 0 saturated heterocycles. The normalized spacial score (nSPS) is 18.3. The van der Waals surface area contributed by atoms with E-state index in [0.717, 1.165) is 24.7 Å². The van der Waals surface area contributed by atoms with Crippen molar-refractivity contribution in [2.24, 2.45) is 0 Å². The zero-order valence-electron chi connectivity index (χ0n) is 5.55. The van der Waals surface area contributed by atoms with Crippen LogP contribution in [0.4, 0.5) is 0 Å². The minimum absolute atomic E-state index is 0.832. The van der Waals surface area contributed by atoms with Gasteiger partial charge in [-0.2, -0.15) is 0 Å². The molecule has 0 aromatic rings. The first-order valence-corrected chi connectivity index (χ1v) is 3.15. The van der Waals surface area contributed by atoms with Gasteiger partial charge in [-0.25, -0.2) is 0 Å². The van der Waals surface area contributed by atoms with Crippen LogP contribution in [-0.4, -0.2) is 6.29 Å². The molecule has 0 heterocycles. The maximum absolute atomic E-state index is 10.2. The monoisotopic (exact) mass is 122 g/mol. The summed E-state index contributed by atoms with van der Waals surface area (Å²) in [6.45, 7) is 2.05. The lowest BCUT2D eigenvalue weighted by atomic mass is 10.0. The molecule has 0 spiro atoms. The molecule has 1 heteroatoms. The van der Waals surface area contributed by atoms with Crippen LogP contribution in [0.3, 0.4) is 0 Å². The highest BCUT2D eigenvalue weighted by atomic mass is 16.1. The molecule has 9 heavy (non-hydrogen) atoms. The summed E-state index contributed by atoms with van der Waals surface area (Å²) in [5.74, 6) is 0. The van der Waals surface area contributed by atoms with E-state index in [1.165, 1.54) is 5.57 Å². The molecule has 48 valence electrons. The highest BCUT2D eigenvalue weighted by Crippen LogP contribution is 2.14. The van der Waals surface area contributed by atoms with Crippen LogP contribution in [-0.2, 0) is 4.79 Å². The van der Waals surface area contributed by atoms with Gasteiger partial charge in [-0.15, -0.1) is 0 Å². The molecule has 0 aliphatic heterocycles. The van der Waals surface area contributed by atoms with E-state index in [0.29, 0.717) is 0 Å². The number of carbonyl (C=O) groups excluding carboxylic acids is 1. The first-order valence-electron chi connectivity index (χ1n) is 3.15. The van der Waals surface area contributed by atoms with E-state index < -0.39 is 0 Å². The maximum atomic E-state index is 10.2. The Labute approximate surface area is 55.1 Å². The molecule has 1 aliphatic rings. The lowest BCUT2D eigenvalue weighted by Crippen LogP contribution is -1.89. The average Bonchev–Trinajstić information content (AvgIpc) is 1.88. The molecule has 0 N–H and O–H groups in total. The van der Waals surface area contributed by atoms with Crippen molar-refractivity contribution < 1.29 is 4.79 Å². The van der Waals surface area contributed by atoms with Gasteiger partial charge in [0.2, 0.25) is 0 Å². The van der Waals surface area contributed by atoms with E-state index in [1.807, 2.05) is 12.2 Å². The maximum Gasteiger partial charge on any atom is 0.149 e. The van der Waals surface area contributed by atoms with E-state index in [4.69, 9.17) is 0 Å². The van der Waals surface area contributed by atoms with Gasteiger partial charge in [0, 0.05) is 5.57 Å². The highest BCUT2D eigenvalue weighted by molar-refractivity contribution is 5.78. The van der Waals surface area contributed by atoms with Gasteiger partial charge in [-0.1, -0.05) is 17.7 Å². The number of aldehydes is 1. The highest BCUT2D eigenvalue weighted by Gasteiger charge is 1.98. The minimum Gasteiger partial charge on any atom is -0.298 e. The first-order chi connectivity index (χ1) is 4.33. The van der Waals surface area contributed by atoms with Gasteiger partial charge in [0.1, 0.15) is 6.29 Å². The van der Waals surface area contributed by atoms with Crippen LogP contribution in [0.25, 0.3) is 0 Å². The van der Waals surface area contributed by atoms with Crippen molar-refractivity contribution in [1.82, 2.24) is 0 Å². The molecule has 1 nitrogen and oxygen atoms in total. The van der Waals surface area contributed by atoms with E-state index in [2.05, 4.69) is 6.92 Å². The van der Waals surface area contributed by atoms with Crippen LogP contribution in [0.1, 0.15) is 19.8 Å². The second-order valence-electron chi connectivity index (χ2n) is 2.35. The van der Waals surface area contributed by atoms with Gasteiger partial charge in [0.25, 0.3) is 0 Å². The molecular weight excluding hydrogens is 112 g/mol. The fraction of sp³-hybridized carbons (Fsp3) is 0.375. The summed E-state index contributed by atoms with van der Waals surface area (Å²) in [6, 6.07) is 0. The lowest BCUT2D eigenvalue weighted by molar-refractivity contribution is -0.104. The van der Waals surface area contributed by atoms with Crippen molar-refractivity contribution in [3.05, 3.63) is 23.3 Å². The topological polar surface area (TPSA) is 17.1 Å². The fourth-order valence-corrected chi connectivity index (χ4v) is 0.964. The lowest BCUT2D eigenvalue weighted by Gasteiger charge is -2.03. The molecule has 0 unspecified atom stereocenters. The molecule has 0 aromatic carbocycles. The second kappa shape index (κ2) is 2.62. The van der Waals surface area contributed by atoms with E-state index >= 15 is 0 Å². The first kappa shape index (κ1) is 6.27. The zero-order chi connectivity index (χ0) is 6.69. The van der Waals surface area contributed by atoms with Gasteiger partial charge < -0.3 is 0 Å². The second-order valence-corrected chi connectivity index (χ2v) is 2.35. The van der Waals surface area contributed by atoms with Gasteiger partial charge in [-0.3, -0.25) is 4.79 Å². The third kappa shape index (κ3) is 1.53. The Morgan fingerprint density at radius 2 is 2.44 bits per heavy atom. The molecule has 1 aliphatic carbocycles. The number of hydrogen-bond donors (Lipinski definition) is 0. The van der Waals surface area contributed by atoms with E-state index in [-0.39, 0.29) is 0 Å². The van der Waals surface area contributed by atoms with E-state index in [1.54, 1.807) is 0 Å². The summed E-state index contributed by atoms with van der Waals surface area (Å²) in [4.78, 5) is 10.2. The number of allylic oxidation sites excluding steroid dienone is 4. The van der Waals surface area contributed by atoms with Crippen molar-refractivity contribution in [2.45, 2.75) is 19.8 Å². The van der Waals surface area contributed by atoms with Crippen LogP contribution >= 0.6 is 0 Å². The minimum atomic E-state index is 0.832. The molecular formula is C8H10O. The smallest absolute Gasteiger partial charge is 0.149 e.